The van der Waals surface area contributed by atoms with Crippen LogP contribution in [0.1, 0.15) is 51.0 Å². The van der Waals surface area contributed by atoms with Crippen molar-refractivity contribution < 1.29 is 88.5 Å². The summed E-state index contributed by atoms with van der Waals surface area (Å²) in [5.41, 5.74) is -1.72. The second-order valence-electron chi connectivity index (χ2n) is 12.0. The van der Waals surface area contributed by atoms with Gasteiger partial charge in [0, 0.05) is 18.0 Å². The third-order valence-corrected chi connectivity index (χ3v) is 8.31. The predicted molar refractivity (Wildman–Crippen MR) is 151 cm³/mol. The Morgan fingerprint density at radius 1 is 0.648 bits per heavy atom. The Morgan fingerprint density at radius 2 is 1.17 bits per heavy atom. The van der Waals surface area contributed by atoms with Crippen LogP contribution in [0.3, 0.4) is 0 Å². The summed E-state index contributed by atoms with van der Waals surface area (Å²) in [7, 11) is 0. The standard InChI is InChI=1S/C32H24F18N2O2/c1-2-3-4-5-6-7-21-25(34,35)22-20(53-21)13-12-19(23(22)33)24-51-14-17(15-52-24)16-8-10-18(11-9-16)54-32(49,50)30(44,45)28(40,41)26(36,37)27(38,39)29(42,43)31(46,47)48/h8-15,21H,2-7H2,1H3. The van der Waals surface area contributed by atoms with E-state index in [0.717, 1.165) is 43.8 Å². The van der Waals surface area contributed by atoms with Crippen LogP contribution in [0.2, 0.25) is 0 Å². The summed E-state index contributed by atoms with van der Waals surface area (Å²) in [6.45, 7) is 1.97. The van der Waals surface area contributed by atoms with E-state index in [-0.39, 0.29) is 23.3 Å². The van der Waals surface area contributed by atoms with E-state index in [4.69, 9.17) is 4.74 Å². The quantitative estimate of drug-likeness (QED) is 0.113. The Balaban J connectivity index is 1.51. The Hall–Kier alpha value is -4.14. The van der Waals surface area contributed by atoms with Crippen molar-refractivity contribution in [1.82, 2.24) is 9.97 Å². The molecule has 2 heterocycles. The smallest absolute Gasteiger partial charge is 0.471 e. The molecule has 2 aromatic carbocycles. The minimum atomic E-state index is -8.46. The molecule has 54 heavy (non-hydrogen) atoms. The largest absolute Gasteiger partial charge is 0.483 e. The van der Waals surface area contributed by atoms with Gasteiger partial charge in [-0.25, -0.2) is 14.4 Å². The maximum atomic E-state index is 15.4. The van der Waals surface area contributed by atoms with Gasteiger partial charge in [-0.1, -0.05) is 44.7 Å². The second kappa shape index (κ2) is 14.2. The van der Waals surface area contributed by atoms with Gasteiger partial charge in [-0.15, -0.1) is 0 Å². The van der Waals surface area contributed by atoms with Crippen molar-refractivity contribution in [2.75, 3.05) is 0 Å². The zero-order chi connectivity index (χ0) is 40.9. The number of unbranched alkanes of at least 4 members (excludes halogenated alkanes) is 4. The molecule has 0 amide bonds. The molecule has 0 radical (unpaired) electrons. The van der Waals surface area contributed by atoms with E-state index in [9.17, 15) is 65.9 Å². The fraction of sp³-hybridized carbons (Fsp3) is 0.500. The molecule has 1 aliphatic rings. The Morgan fingerprint density at radius 3 is 1.70 bits per heavy atom. The average Bonchev–Trinajstić information content (AvgIpc) is 3.33. The minimum absolute atomic E-state index is 0.0521. The number of halogens is 18. The predicted octanol–water partition coefficient (Wildman–Crippen LogP) is 11.9. The summed E-state index contributed by atoms with van der Waals surface area (Å²) in [5.74, 6) is -48.6. The summed E-state index contributed by atoms with van der Waals surface area (Å²) >= 11 is 0. The van der Waals surface area contributed by atoms with Crippen molar-refractivity contribution in [2.45, 2.75) is 99.4 Å². The Labute approximate surface area is 292 Å². The van der Waals surface area contributed by atoms with Crippen molar-refractivity contribution in [3.8, 4) is 34.0 Å². The van der Waals surface area contributed by atoms with Crippen molar-refractivity contribution in [3.63, 3.8) is 0 Å². The van der Waals surface area contributed by atoms with Gasteiger partial charge in [0.25, 0.3) is 0 Å². The first kappa shape index (κ1) is 42.6. The fourth-order valence-corrected chi connectivity index (χ4v) is 5.20. The maximum absolute atomic E-state index is 15.4. The molecule has 0 N–H and O–H groups in total. The summed E-state index contributed by atoms with van der Waals surface area (Å²) in [6, 6.07) is 4.13. The van der Waals surface area contributed by atoms with Crippen LogP contribution in [0.25, 0.3) is 22.5 Å². The molecule has 300 valence electrons. The number of aromatic nitrogens is 2. The zero-order valence-corrected chi connectivity index (χ0v) is 27.0. The molecular weight excluding hydrogens is 786 g/mol. The van der Waals surface area contributed by atoms with Gasteiger partial charge in [0.05, 0.1) is 5.56 Å². The van der Waals surface area contributed by atoms with Gasteiger partial charge in [0.1, 0.15) is 22.9 Å². The van der Waals surface area contributed by atoms with Crippen LogP contribution in [-0.2, 0) is 5.92 Å². The Kier molecular flexibility index (Phi) is 11.2. The van der Waals surface area contributed by atoms with Crippen molar-refractivity contribution >= 4 is 0 Å². The van der Waals surface area contributed by atoms with E-state index in [0.29, 0.717) is 37.1 Å². The lowest BCUT2D eigenvalue weighted by Crippen LogP contribution is -2.73. The number of alkyl halides is 17. The molecule has 0 saturated carbocycles. The normalized spacial score (nSPS) is 17.0. The molecule has 0 saturated heterocycles. The van der Waals surface area contributed by atoms with E-state index < -0.39 is 82.4 Å². The van der Waals surface area contributed by atoms with E-state index in [1.807, 2.05) is 6.92 Å². The fourth-order valence-electron chi connectivity index (χ4n) is 5.20. The van der Waals surface area contributed by atoms with Crippen LogP contribution < -0.4 is 9.47 Å². The molecule has 22 heteroatoms. The van der Waals surface area contributed by atoms with Crippen LogP contribution in [-0.4, -0.2) is 58.0 Å². The first-order chi connectivity index (χ1) is 24.6. The summed E-state index contributed by atoms with van der Waals surface area (Å²) in [4.78, 5) is 7.69. The van der Waals surface area contributed by atoms with Crippen molar-refractivity contribution in [1.29, 1.82) is 0 Å². The third-order valence-electron chi connectivity index (χ3n) is 8.31. The molecule has 0 spiro atoms. The van der Waals surface area contributed by atoms with Gasteiger partial charge in [-0.2, -0.15) is 74.6 Å². The van der Waals surface area contributed by atoms with Crippen molar-refractivity contribution in [3.05, 3.63) is 60.2 Å². The molecule has 0 bridgehead atoms. The number of rotatable bonds is 15. The molecule has 1 aromatic heterocycles. The molecule has 0 fully saturated rings. The minimum Gasteiger partial charge on any atom is -0.483 e. The van der Waals surface area contributed by atoms with Crippen LogP contribution >= 0.6 is 0 Å². The first-order valence-electron chi connectivity index (χ1n) is 15.4. The Bertz CT molecular complexity index is 1780. The van der Waals surface area contributed by atoms with Gasteiger partial charge >= 0.3 is 47.8 Å². The van der Waals surface area contributed by atoms with E-state index in [2.05, 4.69) is 14.7 Å². The number of fused-ring (bicyclic) bond motifs is 1. The monoisotopic (exact) mass is 810 g/mol. The van der Waals surface area contributed by atoms with E-state index in [1.54, 1.807) is 0 Å². The lowest BCUT2D eigenvalue weighted by atomic mass is 9.93. The molecule has 0 aliphatic carbocycles. The summed E-state index contributed by atoms with van der Waals surface area (Å²) < 4.78 is 256. The maximum Gasteiger partial charge on any atom is 0.471 e. The number of hydrogen-bond acceptors (Lipinski definition) is 4. The first-order valence-corrected chi connectivity index (χ1v) is 15.4. The summed E-state index contributed by atoms with van der Waals surface area (Å²) in [6.07, 6.45) is -10.8. The second-order valence-corrected chi connectivity index (χ2v) is 12.0. The topological polar surface area (TPSA) is 44.2 Å². The number of hydrogen-bond donors (Lipinski definition) is 0. The number of benzene rings is 2. The molecule has 1 unspecified atom stereocenters. The molecule has 1 aliphatic heterocycles. The highest BCUT2D eigenvalue weighted by Gasteiger charge is 2.94. The highest BCUT2D eigenvalue weighted by atomic mass is 19.4. The van der Waals surface area contributed by atoms with Gasteiger partial charge in [0.15, 0.2) is 11.9 Å². The third kappa shape index (κ3) is 6.96. The lowest BCUT2D eigenvalue weighted by molar-refractivity contribution is -0.465. The van der Waals surface area contributed by atoms with Crippen LogP contribution in [0.15, 0.2) is 48.8 Å². The SMILES string of the molecule is CCCCCCCC1Oc2ccc(-c3ncc(-c4ccc(OC(F)(F)C(F)(F)C(F)(F)C(F)(F)C(F)(F)C(F)(F)C(F)(F)F)cc4)cn3)c(F)c2C1(F)F. The molecule has 4 nitrogen and oxygen atoms in total. The summed E-state index contributed by atoms with van der Waals surface area (Å²) in [5, 5.41) is 0. The molecule has 1 atom stereocenters. The average molecular weight is 811 g/mol. The van der Waals surface area contributed by atoms with E-state index >= 15 is 13.2 Å². The highest BCUT2D eigenvalue weighted by Crippen LogP contribution is 2.62. The zero-order valence-electron chi connectivity index (χ0n) is 27.0. The van der Waals surface area contributed by atoms with E-state index in [1.165, 1.54) is 0 Å². The van der Waals surface area contributed by atoms with Gasteiger partial charge in [-0.05, 0) is 42.7 Å². The number of nitrogens with zero attached hydrogens (tertiary/aromatic N) is 2. The number of ether oxygens (including phenoxy) is 2. The van der Waals surface area contributed by atoms with Crippen molar-refractivity contribution in [2.24, 2.45) is 0 Å². The molecular formula is C32H24F18N2O2. The van der Waals surface area contributed by atoms with Crippen LogP contribution in [0, 0.1) is 5.82 Å². The lowest BCUT2D eigenvalue weighted by Gasteiger charge is -2.41. The van der Waals surface area contributed by atoms with Gasteiger partial charge in [-0.3, -0.25) is 0 Å². The van der Waals surface area contributed by atoms with Crippen LogP contribution in [0.5, 0.6) is 11.5 Å². The molecule has 4 rings (SSSR count). The van der Waals surface area contributed by atoms with Crippen LogP contribution in [0.4, 0.5) is 79.0 Å². The highest BCUT2D eigenvalue weighted by molar-refractivity contribution is 5.66. The van der Waals surface area contributed by atoms with Gasteiger partial charge < -0.3 is 9.47 Å². The van der Waals surface area contributed by atoms with Gasteiger partial charge in [0.2, 0.25) is 0 Å². The molecule has 3 aromatic rings.